The van der Waals surface area contributed by atoms with E-state index >= 15 is 0 Å². The minimum Gasteiger partial charge on any atom is -0.305 e. The van der Waals surface area contributed by atoms with Crippen molar-refractivity contribution in [2.24, 2.45) is 5.92 Å². The third-order valence-electron chi connectivity index (χ3n) is 3.37. The molecule has 0 spiro atoms. The number of hydrogen-bond donors (Lipinski definition) is 1. The maximum absolute atomic E-state index is 4.85. The van der Waals surface area contributed by atoms with Crippen molar-refractivity contribution in [2.45, 2.75) is 71.9 Å². The van der Waals surface area contributed by atoms with E-state index in [2.05, 4.69) is 46.9 Å². The van der Waals surface area contributed by atoms with Gasteiger partial charge in [-0.15, -0.1) is 11.3 Å². The molecule has 102 valence electrons. The molecule has 0 amide bonds. The maximum Gasteiger partial charge on any atom is 0.110 e. The van der Waals surface area contributed by atoms with Crippen LogP contribution in [0.3, 0.4) is 0 Å². The number of rotatable bonds is 4. The summed E-state index contributed by atoms with van der Waals surface area (Å²) < 4.78 is 0. The first-order valence-electron chi connectivity index (χ1n) is 7.03. The highest BCUT2D eigenvalue weighted by Crippen LogP contribution is 2.44. The first kappa shape index (κ1) is 14.0. The Kier molecular flexibility index (Phi) is 3.84. The Morgan fingerprint density at radius 3 is 2.28 bits per heavy atom. The molecule has 1 unspecified atom stereocenters. The van der Waals surface area contributed by atoms with Crippen LogP contribution in [-0.2, 0) is 5.41 Å². The van der Waals surface area contributed by atoms with E-state index in [1.54, 1.807) is 0 Å². The summed E-state index contributed by atoms with van der Waals surface area (Å²) in [4.78, 5) is 6.29. The van der Waals surface area contributed by atoms with E-state index in [0.717, 1.165) is 5.92 Å². The van der Waals surface area contributed by atoms with Crippen molar-refractivity contribution in [3.05, 3.63) is 15.6 Å². The third-order valence-corrected chi connectivity index (χ3v) is 5.03. The van der Waals surface area contributed by atoms with E-state index in [9.17, 15) is 0 Å². The van der Waals surface area contributed by atoms with Gasteiger partial charge in [-0.3, -0.25) is 0 Å². The second-order valence-corrected chi connectivity index (χ2v) is 7.88. The van der Waals surface area contributed by atoms with Gasteiger partial charge >= 0.3 is 0 Å². The lowest BCUT2D eigenvalue weighted by atomic mass is 9.93. The Morgan fingerprint density at radius 1 is 1.28 bits per heavy atom. The SMILES string of the molecule is Cc1nc(C(NC(C)C)C2CC2)sc1C(C)(C)C. The van der Waals surface area contributed by atoms with Crippen molar-refractivity contribution >= 4 is 11.3 Å². The van der Waals surface area contributed by atoms with Gasteiger partial charge in [0.2, 0.25) is 0 Å². The summed E-state index contributed by atoms with van der Waals surface area (Å²) in [6.45, 7) is 13.4. The molecular formula is C15H26N2S. The number of nitrogens with zero attached hydrogens (tertiary/aromatic N) is 1. The third kappa shape index (κ3) is 3.12. The van der Waals surface area contributed by atoms with Crippen LogP contribution in [0.2, 0.25) is 0 Å². The summed E-state index contributed by atoms with van der Waals surface area (Å²) in [5, 5.41) is 5.00. The van der Waals surface area contributed by atoms with Crippen molar-refractivity contribution in [2.75, 3.05) is 0 Å². The zero-order valence-corrected chi connectivity index (χ0v) is 13.3. The molecule has 2 rings (SSSR count). The van der Waals surface area contributed by atoms with Gasteiger partial charge in [0.15, 0.2) is 0 Å². The minimum atomic E-state index is 0.214. The Bertz CT molecular complexity index is 411. The molecule has 0 aromatic carbocycles. The molecule has 1 heterocycles. The molecule has 3 heteroatoms. The van der Waals surface area contributed by atoms with Gasteiger partial charge in [0.1, 0.15) is 5.01 Å². The lowest BCUT2D eigenvalue weighted by Gasteiger charge is -2.19. The van der Waals surface area contributed by atoms with Gasteiger partial charge in [0.25, 0.3) is 0 Å². The van der Waals surface area contributed by atoms with Gasteiger partial charge in [-0.2, -0.15) is 0 Å². The van der Waals surface area contributed by atoms with Crippen LogP contribution in [0.1, 0.15) is 69.1 Å². The lowest BCUT2D eigenvalue weighted by molar-refractivity contribution is 0.434. The molecule has 0 saturated heterocycles. The first-order chi connectivity index (χ1) is 8.29. The Hall–Kier alpha value is -0.410. The van der Waals surface area contributed by atoms with E-state index in [4.69, 9.17) is 4.98 Å². The maximum atomic E-state index is 4.85. The second kappa shape index (κ2) is 4.93. The van der Waals surface area contributed by atoms with Crippen LogP contribution in [0.15, 0.2) is 0 Å². The fourth-order valence-electron chi connectivity index (χ4n) is 2.44. The fraction of sp³-hybridized carbons (Fsp3) is 0.800. The van der Waals surface area contributed by atoms with Crippen LogP contribution in [-0.4, -0.2) is 11.0 Å². The van der Waals surface area contributed by atoms with Gasteiger partial charge < -0.3 is 5.32 Å². The Labute approximate surface area is 115 Å². The highest BCUT2D eigenvalue weighted by molar-refractivity contribution is 7.12. The van der Waals surface area contributed by atoms with E-state index in [0.29, 0.717) is 12.1 Å². The van der Waals surface area contributed by atoms with Crippen LogP contribution in [0.25, 0.3) is 0 Å². The molecule has 18 heavy (non-hydrogen) atoms. The molecule has 1 saturated carbocycles. The molecule has 2 nitrogen and oxygen atoms in total. The largest absolute Gasteiger partial charge is 0.305 e. The molecule has 0 aliphatic heterocycles. The fourth-order valence-corrected chi connectivity index (χ4v) is 3.72. The first-order valence-corrected chi connectivity index (χ1v) is 7.84. The minimum absolute atomic E-state index is 0.214. The van der Waals surface area contributed by atoms with E-state index in [-0.39, 0.29) is 5.41 Å². The topological polar surface area (TPSA) is 24.9 Å². The predicted octanol–water partition coefficient (Wildman–Crippen LogP) is 4.20. The van der Waals surface area contributed by atoms with Crippen LogP contribution in [0.4, 0.5) is 0 Å². The second-order valence-electron chi connectivity index (χ2n) is 6.85. The van der Waals surface area contributed by atoms with Gasteiger partial charge in [-0.05, 0) is 31.1 Å². The van der Waals surface area contributed by atoms with Crippen molar-refractivity contribution in [1.82, 2.24) is 10.3 Å². The molecule has 0 bridgehead atoms. The Balaban J connectivity index is 2.26. The summed E-state index contributed by atoms with van der Waals surface area (Å²) >= 11 is 1.91. The molecule has 1 aliphatic rings. The average Bonchev–Trinajstić information content (AvgIpc) is 2.96. The van der Waals surface area contributed by atoms with Crippen molar-refractivity contribution in [3.8, 4) is 0 Å². The van der Waals surface area contributed by atoms with Crippen molar-refractivity contribution in [3.63, 3.8) is 0 Å². The van der Waals surface area contributed by atoms with Crippen molar-refractivity contribution < 1.29 is 0 Å². The molecule has 1 N–H and O–H groups in total. The molecule has 0 radical (unpaired) electrons. The summed E-state index contributed by atoms with van der Waals surface area (Å²) in [5.41, 5.74) is 1.44. The van der Waals surface area contributed by atoms with E-state index < -0.39 is 0 Å². The van der Waals surface area contributed by atoms with Crippen LogP contribution < -0.4 is 5.32 Å². The molecule has 1 atom stereocenters. The van der Waals surface area contributed by atoms with Crippen LogP contribution in [0.5, 0.6) is 0 Å². The summed E-state index contributed by atoms with van der Waals surface area (Å²) in [7, 11) is 0. The average molecular weight is 266 g/mol. The number of aryl methyl sites for hydroxylation is 1. The quantitative estimate of drug-likeness (QED) is 0.883. The molecular weight excluding hydrogens is 240 g/mol. The molecule has 1 fully saturated rings. The normalized spacial score (nSPS) is 18.4. The number of aromatic nitrogens is 1. The van der Waals surface area contributed by atoms with Crippen molar-refractivity contribution in [1.29, 1.82) is 0 Å². The summed E-state index contributed by atoms with van der Waals surface area (Å²) in [6, 6.07) is 1.00. The summed E-state index contributed by atoms with van der Waals surface area (Å²) in [5.74, 6) is 0.811. The highest BCUT2D eigenvalue weighted by atomic mass is 32.1. The highest BCUT2D eigenvalue weighted by Gasteiger charge is 2.35. The lowest BCUT2D eigenvalue weighted by Crippen LogP contribution is -2.29. The number of nitrogens with one attached hydrogen (secondary N) is 1. The van der Waals surface area contributed by atoms with Crippen LogP contribution in [0, 0.1) is 12.8 Å². The van der Waals surface area contributed by atoms with Gasteiger partial charge in [0.05, 0.1) is 11.7 Å². The van der Waals surface area contributed by atoms with E-state index in [1.165, 1.54) is 28.4 Å². The monoisotopic (exact) mass is 266 g/mol. The predicted molar refractivity (Wildman–Crippen MR) is 79.3 cm³/mol. The molecule has 1 aromatic heterocycles. The Morgan fingerprint density at radius 2 is 1.89 bits per heavy atom. The van der Waals surface area contributed by atoms with Gasteiger partial charge in [-0.25, -0.2) is 4.98 Å². The zero-order valence-electron chi connectivity index (χ0n) is 12.5. The van der Waals surface area contributed by atoms with Crippen LogP contribution >= 0.6 is 11.3 Å². The van der Waals surface area contributed by atoms with Gasteiger partial charge in [0, 0.05) is 10.9 Å². The number of thiazole rings is 1. The molecule has 1 aliphatic carbocycles. The smallest absolute Gasteiger partial charge is 0.110 e. The zero-order chi connectivity index (χ0) is 13.5. The molecule has 1 aromatic rings. The summed E-state index contributed by atoms with van der Waals surface area (Å²) in [6.07, 6.45) is 2.71. The standard InChI is InChI=1S/C15H26N2S/c1-9(2)16-12(11-7-8-11)14-17-10(3)13(18-14)15(4,5)6/h9,11-12,16H,7-8H2,1-6H3. The van der Waals surface area contributed by atoms with Gasteiger partial charge in [-0.1, -0.05) is 34.6 Å². The number of hydrogen-bond acceptors (Lipinski definition) is 3. The van der Waals surface area contributed by atoms with E-state index in [1.807, 2.05) is 11.3 Å².